The first-order valence-electron chi connectivity index (χ1n) is 8.20. The number of carbonyl (C=O) groups is 1. The number of likely N-dealkylation sites (tertiary alicyclic amines) is 1. The first kappa shape index (κ1) is 17.6. The molecule has 1 amide bonds. The maximum Gasteiger partial charge on any atom is 0.227 e. The van der Waals surface area contributed by atoms with Crippen molar-refractivity contribution in [3.8, 4) is 0 Å². The first-order chi connectivity index (χ1) is 11.5. The fraction of sp³-hybridized carbons (Fsp3) is 0.588. The van der Waals surface area contributed by atoms with Gasteiger partial charge in [0.2, 0.25) is 5.91 Å². The van der Waals surface area contributed by atoms with E-state index in [1.54, 1.807) is 11.0 Å². The Morgan fingerprint density at radius 2 is 2.08 bits per heavy atom. The van der Waals surface area contributed by atoms with Crippen LogP contribution in [0.1, 0.15) is 12.0 Å². The topological polar surface area (TPSA) is 53.0 Å². The predicted molar refractivity (Wildman–Crippen MR) is 88.5 cm³/mol. The van der Waals surface area contributed by atoms with Gasteiger partial charge in [0.05, 0.1) is 31.8 Å². The third-order valence-electron chi connectivity index (χ3n) is 4.70. The Hall–Kier alpha value is -1.21. The average molecular weight is 357 g/mol. The highest BCUT2D eigenvalue weighted by molar-refractivity contribution is 6.31. The number of amides is 1. The molecule has 1 atom stereocenters. The second-order valence-electron chi connectivity index (χ2n) is 6.56. The van der Waals surface area contributed by atoms with Crippen molar-refractivity contribution in [2.24, 2.45) is 0 Å². The normalized spacial score (nSPS) is 25.2. The number of hydrogen-bond donors (Lipinski definition) is 1. The molecule has 3 rings (SSSR count). The van der Waals surface area contributed by atoms with Crippen LogP contribution >= 0.6 is 11.6 Å². The van der Waals surface area contributed by atoms with Gasteiger partial charge < -0.3 is 14.7 Å². The maximum atomic E-state index is 13.8. The molecule has 132 valence electrons. The fourth-order valence-corrected chi connectivity index (χ4v) is 3.57. The fourth-order valence-electron chi connectivity index (χ4n) is 3.34. The standard InChI is InChI=1S/C17H22ClFN2O3/c18-14-2-1-3-15(19)13(14)10-16(22)21-5-4-17(23,12-21)11-20-6-8-24-9-7-20/h1-3,23H,4-12H2. The summed E-state index contributed by atoms with van der Waals surface area (Å²) < 4.78 is 19.1. The molecule has 1 N–H and O–H groups in total. The number of hydrogen-bond acceptors (Lipinski definition) is 4. The van der Waals surface area contributed by atoms with Gasteiger partial charge in [0, 0.05) is 36.8 Å². The van der Waals surface area contributed by atoms with Gasteiger partial charge in [-0.25, -0.2) is 4.39 Å². The van der Waals surface area contributed by atoms with Crippen LogP contribution in [0.3, 0.4) is 0 Å². The highest BCUT2D eigenvalue weighted by atomic mass is 35.5. The molecule has 2 saturated heterocycles. The smallest absolute Gasteiger partial charge is 0.227 e. The number of β-amino-alcohol motifs (C(OH)–C–C–N with tert-alkyl or cyclic N) is 1. The van der Waals surface area contributed by atoms with E-state index in [9.17, 15) is 14.3 Å². The SMILES string of the molecule is O=C(Cc1c(F)cccc1Cl)N1CCC(O)(CN2CCOCC2)C1. The number of ether oxygens (including phenoxy) is 1. The predicted octanol–water partition coefficient (Wildman–Crippen LogP) is 1.32. The summed E-state index contributed by atoms with van der Waals surface area (Å²) in [4.78, 5) is 16.2. The van der Waals surface area contributed by atoms with Gasteiger partial charge in [0.25, 0.3) is 0 Å². The minimum absolute atomic E-state index is 0.0842. The summed E-state index contributed by atoms with van der Waals surface area (Å²) >= 11 is 5.99. The zero-order valence-corrected chi connectivity index (χ0v) is 14.3. The number of aliphatic hydroxyl groups is 1. The highest BCUT2D eigenvalue weighted by Crippen LogP contribution is 2.25. The minimum atomic E-state index is -0.911. The molecular formula is C17H22ClFN2O3. The van der Waals surface area contributed by atoms with Gasteiger partial charge in [0.1, 0.15) is 5.82 Å². The van der Waals surface area contributed by atoms with Crippen molar-refractivity contribution >= 4 is 17.5 Å². The Bertz CT molecular complexity index is 589. The Balaban J connectivity index is 1.59. The maximum absolute atomic E-state index is 13.8. The van der Waals surface area contributed by atoms with Crippen molar-refractivity contribution in [1.82, 2.24) is 9.80 Å². The van der Waals surface area contributed by atoms with Crippen molar-refractivity contribution < 1.29 is 19.0 Å². The lowest BCUT2D eigenvalue weighted by Gasteiger charge is -2.33. The van der Waals surface area contributed by atoms with E-state index in [0.717, 1.165) is 13.1 Å². The molecule has 1 unspecified atom stereocenters. The van der Waals surface area contributed by atoms with Gasteiger partial charge in [-0.3, -0.25) is 9.69 Å². The molecule has 0 aliphatic carbocycles. The van der Waals surface area contributed by atoms with Crippen LogP contribution < -0.4 is 0 Å². The molecule has 2 aliphatic rings. The summed E-state index contributed by atoms with van der Waals surface area (Å²) in [6.45, 7) is 4.21. The number of nitrogens with zero attached hydrogens (tertiary/aromatic N) is 2. The molecule has 0 spiro atoms. The van der Waals surface area contributed by atoms with Crippen molar-refractivity contribution in [2.75, 3.05) is 45.9 Å². The van der Waals surface area contributed by atoms with Crippen LogP contribution in [0.4, 0.5) is 4.39 Å². The van der Waals surface area contributed by atoms with E-state index in [2.05, 4.69) is 4.90 Å². The van der Waals surface area contributed by atoms with E-state index in [1.165, 1.54) is 12.1 Å². The average Bonchev–Trinajstić information content (AvgIpc) is 2.94. The lowest BCUT2D eigenvalue weighted by Crippen LogP contribution is -2.49. The van der Waals surface area contributed by atoms with Crippen LogP contribution in [0.5, 0.6) is 0 Å². The lowest BCUT2D eigenvalue weighted by molar-refractivity contribution is -0.130. The van der Waals surface area contributed by atoms with E-state index in [1.807, 2.05) is 0 Å². The van der Waals surface area contributed by atoms with Crippen LogP contribution in [0.2, 0.25) is 5.02 Å². The van der Waals surface area contributed by atoms with E-state index >= 15 is 0 Å². The summed E-state index contributed by atoms with van der Waals surface area (Å²) in [5.74, 6) is -0.682. The number of halogens is 2. The molecule has 0 radical (unpaired) electrons. The van der Waals surface area contributed by atoms with E-state index in [4.69, 9.17) is 16.3 Å². The van der Waals surface area contributed by atoms with Crippen LogP contribution in [0.15, 0.2) is 18.2 Å². The van der Waals surface area contributed by atoms with Gasteiger partial charge >= 0.3 is 0 Å². The lowest BCUT2D eigenvalue weighted by atomic mass is 10.0. The van der Waals surface area contributed by atoms with Crippen LogP contribution in [0.25, 0.3) is 0 Å². The Morgan fingerprint density at radius 3 is 2.79 bits per heavy atom. The summed E-state index contributed by atoms with van der Waals surface area (Å²) in [7, 11) is 0. The van der Waals surface area contributed by atoms with E-state index < -0.39 is 11.4 Å². The molecule has 5 nitrogen and oxygen atoms in total. The van der Waals surface area contributed by atoms with Gasteiger partial charge in [-0.05, 0) is 18.6 Å². The van der Waals surface area contributed by atoms with Gasteiger partial charge in [-0.1, -0.05) is 17.7 Å². The van der Waals surface area contributed by atoms with Gasteiger partial charge in [-0.15, -0.1) is 0 Å². The summed E-state index contributed by atoms with van der Waals surface area (Å²) in [5.41, 5.74) is -0.695. The third kappa shape index (κ3) is 4.06. The summed E-state index contributed by atoms with van der Waals surface area (Å²) in [6, 6.07) is 4.39. The minimum Gasteiger partial charge on any atom is -0.387 e. The van der Waals surface area contributed by atoms with E-state index in [0.29, 0.717) is 32.7 Å². The quantitative estimate of drug-likeness (QED) is 0.884. The monoisotopic (exact) mass is 356 g/mol. The first-order valence-corrected chi connectivity index (χ1v) is 8.58. The van der Waals surface area contributed by atoms with Gasteiger partial charge in [0.15, 0.2) is 0 Å². The molecular weight excluding hydrogens is 335 g/mol. The number of carbonyl (C=O) groups excluding carboxylic acids is 1. The number of rotatable bonds is 4. The number of benzene rings is 1. The molecule has 2 fully saturated rings. The second-order valence-corrected chi connectivity index (χ2v) is 6.96. The Kier molecular flexibility index (Phi) is 5.39. The van der Waals surface area contributed by atoms with Crippen molar-refractivity contribution in [3.63, 3.8) is 0 Å². The summed E-state index contributed by atoms with van der Waals surface area (Å²) in [6.07, 6.45) is 0.445. The zero-order valence-electron chi connectivity index (χ0n) is 13.5. The van der Waals surface area contributed by atoms with Crippen LogP contribution in [0, 0.1) is 5.82 Å². The molecule has 2 heterocycles. The Labute approximate surface area is 145 Å². The number of morpholine rings is 1. The molecule has 0 saturated carbocycles. The van der Waals surface area contributed by atoms with Gasteiger partial charge in [-0.2, -0.15) is 0 Å². The van der Waals surface area contributed by atoms with Crippen LogP contribution in [-0.4, -0.2) is 72.4 Å². The highest BCUT2D eigenvalue weighted by Gasteiger charge is 2.39. The Morgan fingerprint density at radius 1 is 1.33 bits per heavy atom. The molecule has 0 bridgehead atoms. The second kappa shape index (κ2) is 7.35. The summed E-state index contributed by atoms with van der Waals surface area (Å²) in [5, 5.41) is 11.0. The molecule has 24 heavy (non-hydrogen) atoms. The largest absolute Gasteiger partial charge is 0.387 e. The molecule has 7 heteroatoms. The molecule has 1 aromatic rings. The molecule has 2 aliphatic heterocycles. The molecule has 0 aromatic heterocycles. The van der Waals surface area contributed by atoms with Crippen molar-refractivity contribution in [3.05, 3.63) is 34.6 Å². The molecule has 1 aromatic carbocycles. The third-order valence-corrected chi connectivity index (χ3v) is 5.05. The van der Waals surface area contributed by atoms with Crippen molar-refractivity contribution in [1.29, 1.82) is 0 Å². The zero-order chi connectivity index (χ0) is 17.2. The van der Waals surface area contributed by atoms with E-state index in [-0.39, 0.29) is 29.5 Å². The van der Waals surface area contributed by atoms with Crippen LogP contribution in [-0.2, 0) is 16.0 Å². The van der Waals surface area contributed by atoms with Crippen molar-refractivity contribution in [2.45, 2.75) is 18.4 Å².